The van der Waals surface area contributed by atoms with Crippen molar-refractivity contribution in [2.75, 3.05) is 11.9 Å². The Labute approximate surface area is 141 Å². The molecule has 0 saturated carbocycles. The van der Waals surface area contributed by atoms with E-state index in [0.29, 0.717) is 10.4 Å². The number of likely N-dealkylation sites (N-methyl/N-ethyl adjacent to an activating group) is 1. The molecule has 0 N–H and O–H groups in total. The Kier molecular flexibility index (Phi) is 4.10. The SMILES string of the molecule is CN(C(=O)Cn1nc2c(c1C(F)(F)F)CS(=O)(=O)C2)c1ccccc1. The van der Waals surface area contributed by atoms with Crippen LogP contribution in [0, 0.1) is 0 Å². The van der Waals surface area contributed by atoms with Gasteiger partial charge >= 0.3 is 6.18 Å². The molecule has 0 radical (unpaired) electrons. The molecule has 1 aliphatic rings. The summed E-state index contributed by atoms with van der Waals surface area (Å²) < 4.78 is 63.8. The van der Waals surface area contributed by atoms with E-state index in [4.69, 9.17) is 0 Å². The number of nitrogens with zero attached hydrogens (tertiary/aromatic N) is 3. The van der Waals surface area contributed by atoms with Crippen LogP contribution in [-0.2, 0) is 38.9 Å². The predicted octanol–water partition coefficient (Wildman–Crippen LogP) is 1.99. The van der Waals surface area contributed by atoms with Gasteiger partial charge in [-0.15, -0.1) is 0 Å². The van der Waals surface area contributed by atoms with Gasteiger partial charge in [-0.05, 0) is 12.1 Å². The third kappa shape index (κ3) is 3.39. The lowest BCUT2D eigenvalue weighted by Crippen LogP contribution is -2.32. The van der Waals surface area contributed by atoms with E-state index in [0.717, 1.165) is 0 Å². The van der Waals surface area contributed by atoms with E-state index in [1.54, 1.807) is 30.3 Å². The number of carbonyl (C=O) groups excluding carboxylic acids is 1. The predicted molar refractivity (Wildman–Crippen MR) is 83.4 cm³/mol. The van der Waals surface area contributed by atoms with Crippen molar-refractivity contribution >= 4 is 21.4 Å². The summed E-state index contributed by atoms with van der Waals surface area (Å²) >= 11 is 0. The summed E-state index contributed by atoms with van der Waals surface area (Å²) in [7, 11) is -2.17. The highest BCUT2D eigenvalue weighted by molar-refractivity contribution is 7.90. The van der Waals surface area contributed by atoms with Gasteiger partial charge in [-0.25, -0.2) is 8.42 Å². The molecule has 0 aliphatic carbocycles. The molecule has 10 heteroatoms. The Morgan fingerprint density at radius 3 is 2.48 bits per heavy atom. The van der Waals surface area contributed by atoms with Crippen molar-refractivity contribution in [2.24, 2.45) is 0 Å². The van der Waals surface area contributed by atoms with Gasteiger partial charge in [0.2, 0.25) is 5.91 Å². The van der Waals surface area contributed by atoms with Crippen molar-refractivity contribution in [3.63, 3.8) is 0 Å². The summed E-state index contributed by atoms with van der Waals surface area (Å²) in [5, 5.41) is 3.74. The van der Waals surface area contributed by atoms with E-state index in [1.807, 2.05) is 0 Å². The number of anilines is 1. The zero-order chi connectivity index (χ0) is 18.4. The number of alkyl halides is 3. The molecule has 2 aromatic rings. The number of hydrogen-bond donors (Lipinski definition) is 0. The Morgan fingerprint density at radius 1 is 1.24 bits per heavy atom. The molecule has 1 aromatic heterocycles. The maximum Gasteiger partial charge on any atom is 0.433 e. The average Bonchev–Trinajstić information content (AvgIpc) is 2.97. The minimum Gasteiger partial charge on any atom is -0.314 e. The number of hydrogen-bond acceptors (Lipinski definition) is 4. The smallest absolute Gasteiger partial charge is 0.314 e. The number of sulfone groups is 1. The lowest BCUT2D eigenvalue weighted by Gasteiger charge is -2.19. The molecule has 0 bridgehead atoms. The second-order valence-electron chi connectivity index (χ2n) is 5.75. The van der Waals surface area contributed by atoms with Crippen LogP contribution in [0.4, 0.5) is 18.9 Å². The van der Waals surface area contributed by atoms with E-state index in [2.05, 4.69) is 5.10 Å². The van der Waals surface area contributed by atoms with Crippen molar-refractivity contribution in [3.05, 3.63) is 47.3 Å². The number of fused-ring (bicyclic) bond motifs is 1. The maximum atomic E-state index is 13.4. The van der Waals surface area contributed by atoms with Gasteiger partial charge in [0, 0.05) is 18.3 Å². The van der Waals surface area contributed by atoms with Crippen LogP contribution in [0.1, 0.15) is 17.0 Å². The third-order valence-corrected chi connectivity index (χ3v) is 5.37. The number of amides is 1. The average molecular weight is 373 g/mol. The number of para-hydroxylation sites is 1. The van der Waals surface area contributed by atoms with Crippen LogP contribution in [0.5, 0.6) is 0 Å². The summed E-state index contributed by atoms with van der Waals surface area (Å²) in [5.74, 6) is -1.85. The molecule has 0 fully saturated rings. The minimum absolute atomic E-state index is 0.137. The van der Waals surface area contributed by atoms with Gasteiger partial charge in [0.25, 0.3) is 0 Å². The Bertz CT molecular complexity index is 921. The molecule has 6 nitrogen and oxygen atoms in total. The third-order valence-electron chi connectivity index (χ3n) is 3.93. The number of aromatic nitrogens is 2. The summed E-state index contributed by atoms with van der Waals surface area (Å²) in [5.41, 5.74) is -1.13. The summed E-state index contributed by atoms with van der Waals surface area (Å²) in [6.45, 7) is -0.632. The largest absolute Gasteiger partial charge is 0.433 e. The van der Waals surface area contributed by atoms with Gasteiger partial charge in [-0.1, -0.05) is 18.2 Å². The first-order valence-electron chi connectivity index (χ1n) is 7.26. The van der Waals surface area contributed by atoms with E-state index in [9.17, 15) is 26.4 Å². The molecule has 1 aliphatic heterocycles. The lowest BCUT2D eigenvalue weighted by molar-refractivity contribution is -0.145. The van der Waals surface area contributed by atoms with Gasteiger partial charge in [0.1, 0.15) is 12.2 Å². The fourth-order valence-electron chi connectivity index (χ4n) is 2.76. The van der Waals surface area contributed by atoms with Crippen LogP contribution in [-0.4, -0.2) is 31.2 Å². The summed E-state index contributed by atoms with van der Waals surface area (Å²) in [6, 6.07) is 8.46. The molecule has 134 valence electrons. The second kappa shape index (κ2) is 5.87. The second-order valence-corrected chi connectivity index (χ2v) is 7.81. The number of rotatable bonds is 3. The van der Waals surface area contributed by atoms with Gasteiger partial charge in [0.05, 0.1) is 17.2 Å². The molecular weight excluding hydrogens is 359 g/mol. The van der Waals surface area contributed by atoms with Crippen LogP contribution in [0.25, 0.3) is 0 Å². The van der Waals surface area contributed by atoms with Gasteiger partial charge in [-0.3, -0.25) is 9.48 Å². The van der Waals surface area contributed by atoms with Gasteiger partial charge < -0.3 is 4.90 Å². The molecule has 25 heavy (non-hydrogen) atoms. The molecule has 0 spiro atoms. The fourth-order valence-corrected chi connectivity index (χ4v) is 4.25. The standard InChI is InChI=1S/C15H14F3N3O3S/c1-20(10-5-3-2-4-6-10)13(22)7-21-14(15(16,17)18)11-8-25(23,24)9-12(11)19-21/h2-6H,7-9H2,1H3. The van der Waals surface area contributed by atoms with Crippen molar-refractivity contribution in [2.45, 2.75) is 24.2 Å². The monoisotopic (exact) mass is 373 g/mol. The quantitative estimate of drug-likeness (QED) is 0.825. The summed E-state index contributed by atoms with van der Waals surface area (Å²) in [4.78, 5) is 13.6. The zero-order valence-electron chi connectivity index (χ0n) is 13.1. The number of carbonyl (C=O) groups is 1. The van der Waals surface area contributed by atoms with Crippen molar-refractivity contribution in [3.8, 4) is 0 Å². The molecule has 0 unspecified atom stereocenters. The van der Waals surface area contributed by atoms with Crippen molar-refractivity contribution < 1.29 is 26.4 Å². The van der Waals surface area contributed by atoms with Crippen LogP contribution in [0.15, 0.2) is 30.3 Å². The molecular formula is C15H14F3N3O3S. The minimum atomic E-state index is -4.80. The van der Waals surface area contributed by atoms with E-state index >= 15 is 0 Å². The molecule has 1 aromatic carbocycles. The molecule has 2 heterocycles. The van der Waals surface area contributed by atoms with Crippen LogP contribution in [0.2, 0.25) is 0 Å². The lowest BCUT2D eigenvalue weighted by atomic mass is 10.2. The van der Waals surface area contributed by atoms with E-state index in [-0.39, 0.29) is 11.3 Å². The Morgan fingerprint density at radius 2 is 1.88 bits per heavy atom. The molecule has 1 amide bonds. The van der Waals surface area contributed by atoms with Crippen LogP contribution in [0.3, 0.4) is 0 Å². The first kappa shape index (κ1) is 17.5. The normalized spacial score (nSPS) is 15.8. The zero-order valence-corrected chi connectivity index (χ0v) is 13.9. The van der Waals surface area contributed by atoms with Gasteiger partial charge in [0.15, 0.2) is 9.84 Å². The molecule has 3 rings (SSSR count). The Balaban J connectivity index is 1.93. The van der Waals surface area contributed by atoms with Crippen molar-refractivity contribution in [1.29, 1.82) is 0 Å². The Hall–Kier alpha value is -2.36. The fraction of sp³-hybridized carbons (Fsp3) is 0.333. The number of benzene rings is 1. The van der Waals surface area contributed by atoms with E-state index < -0.39 is 45.7 Å². The van der Waals surface area contributed by atoms with Crippen molar-refractivity contribution in [1.82, 2.24) is 9.78 Å². The molecule has 0 saturated heterocycles. The highest BCUT2D eigenvalue weighted by atomic mass is 32.2. The highest BCUT2D eigenvalue weighted by Gasteiger charge is 2.44. The topological polar surface area (TPSA) is 72.3 Å². The van der Waals surface area contributed by atoms with Crippen LogP contribution < -0.4 is 4.90 Å². The molecule has 0 atom stereocenters. The van der Waals surface area contributed by atoms with Crippen LogP contribution >= 0.6 is 0 Å². The first-order valence-corrected chi connectivity index (χ1v) is 9.08. The number of halogens is 3. The highest BCUT2D eigenvalue weighted by Crippen LogP contribution is 2.38. The first-order chi connectivity index (χ1) is 11.6. The van der Waals surface area contributed by atoms with E-state index in [1.165, 1.54) is 11.9 Å². The summed E-state index contributed by atoms with van der Waals surface area (Å²) in [6.07, 6.45) is -4.80. The van der Waals surface area contributed by atoms with Gasteiger partial charge in [-0.2, -0.15) is 18.3 Å². The maximum absolute atomic E-state index is 13.4.